The summed E-state index contributed by atoms with van der Waals surface area (Å²) in [5, 5.41) is 9.51. The number of carboxylic acid groups (broad SMARTS) is 1. The maximum absolute atomic E-state index is 11.6. The summed E-state index contributed by atoms with van der Waals surface area (Å²) in [4.78, 5) is 11.6. The molecule has 0 radical (unpaired) electrons. The average Bonchev–Trinajstić information content (AvgIpc) is 2.58. The van der Waals surface area contributed by atoms with Gasteiger partial charge < -0.3 is 5.11 Å². The van der Waals surface area contributed by atoms with Crippen LogP contribution in [0, 0.1) is 0 Å². The average molecular weight is 336 g/mol. The van der Waals surface area contributed by atoms with Gasteiger partial charge in [-0.3, -0.25) is 0 Å². The maximum atomic E-state index is 11.6. The van der Waals surface area contributed by atoms with Crippen molar-refractivity contribution in [3.8, 4) is 0 Å². The topological polar surface area (TPSA) is 37.3 Å². The minimum absolute atomic E-state index is 0.0541. The summed E-state index contributed by atoms with van der Waals surface area (Å²) in [6.07, 6.45) is 2.38. The van der Waals surface area contributed by atoms with E-state index in [0.29, 0.717) is 5.56 Å². The predicted molar refractivity (Wildman–Crippen MR) is 103 cm³/mol. The van der Waals surface area contributed by atoms with Crippen LogP contribution in [0.25, 0.3) is 0 Å². The summed E-state index contributed by atoms with van der Waals surface area (Å²) in [6.45, 7) is 11.4. The van der Waals surface area contributed by atoms with Crippen molar-refractivity contribution in [1.82, 2.24) is 0 Å². The van der Waals surface area contributed by atoms with Gasteiger partial charge >= 0.3 is 5.97 Å². The molecular weight excluding hydrogens is 308 g/mol. The van der Waals surface area contributed by atoms with E-state index in [1.54, 1.807) is 12.1 Å². The third-order valence-corrected chi connectivity index (χ3v) is 6.03. The first-order valence-corrected chi connectivity index (χ1v) is 9.10. The highest BCUT2D eigenvalue weighted by Gasteiger charge is 2.37. The Morgan fingerprint density at radius 3 is 2.20 bits per heavy atom. The van der Waals surface area contributed by atoms with Gasteiger partial charge in [-0.1, -0.05) is 71.0 Å². The normalized spacial score (nSPS) is 19.1. The van der Waals surface area contributed by atoms with E-state index in [-0.39, 0.29) is 16.7 Å². The Labute approximate surface area is 150 Å². The fraction of sp³-hybridized carbons (Fsp3) is 0.435. The molecule has 1 atom stereocenters. The lowest BCUT2D eigenvalue weighted by Crippen LogP contribution is -2.34. The maximum Gasteiger partial charge on any atom is 0.335 e. The minimum Gasteiger partial charge on any atom is -0.478 e. The van der Waals surface area contributed by atoms with Crippen molar-refractivity contribution in [3.63, 3.8) is 0 Å². The lowest BCUT2D eigenvalue weighted by atomic mass is 9.62. The SMILES string of the molecule is CC(c1ccc2c(c1)C(C)(C)CCC2(C)C)c1ccccc1C(=O)O. The molecule has 25 heavy (non-hydrogen) atoms. The number of hydrogen-bond donors (Lipinski definition) is 1. The molecule has 0 fully saturated rings. The Hall–Kier alpha value is -2.09. The van der Waals surface area contributed by atoms with Crippen molar-refractivity contribution in [2.75, 3.05) is 0 Å². The molecule has 1 aliphatic carbocycles. The Kier molecular flexibility index (Phi) is 4.26. The Bertz CT molecular complexity index is 815. The van der Waals surface area contributed by atoms with Gasteiger partial charge in [0, 0.05) is 5.92 Å². The molecule has 0 amide bonds. The van der Waals surface area contributed by atoms with Crippen LogP contribution in [0.1, 0.15) is 86.0 Å². The van der Waals surface area contributed by atoms with E-state index in [2.05, 4.69) is 52.8 Å². The van der Waals surface area contributed by atoms with E-state index < -0.39 is 5.97 Å². The molecule has 3 rings (SSSR count). The molecule has 0 heterocycles. The molecule has 0 aliphatic heterocycles. The molecule has 0 saturated heterocycles. The number of benzene rings is 2. The van der Waals surface area contributed by atoms with Crippen LogP contribution in [0.2, 0.25) is 0 Å². The minimum atomic E-state index is -0.859. The standard InChI is InChI=1S/C23H28O2/c1-15(17-8-6-7-9-18(17)21(24)25)16-10-11-19-20(14-16)23(4,5)13-12-22(19,2)3/h6-11,14-15H,12-13H2,1-5H3,(H,24,25). The largest absolute Gasteiger partial charge is 0.478 e. The molecule has 0 saturated carbocycles. The predicted octanol–water partition coefficient (Wildman–Crippen LogP) is 5.89. The number of carbonyl (C=O) groups is 1. The van der Waals surface area contributed by atoms with Crippen molar-refractivity contribution in [2.24, 2.45) is 0 Å². The van der Waals surface area contributed by atoms with Gasteiger partial charge in [0.25, 0.3) is 0 Å². The van der Waals surface area contributed by atoms with E-state index >= 15 is 0 Å². The van der Waals surface area contributed by atoms with Gasteiger partial charge in [0.05, 0.1) is 5.56 Å². The zero-order chi connectivity index (χ0) is 18.4. The summed E-state index contributed by atoms with van der Waals surface area (Å²) >= 11 is 0. The molecule has 0 spiro atoms. The number of hydrogen-bond acceptors (Lipinski definition) is 1. The lowest BCUT2D eigenvalue weighted by Gasteiger charge is -2.42. The smallest absolute Gasteiger partial charge is 0.335 e. The van der Waals surface area contributed by atoms with Crippen LogP contribution >= 0.6 is 0 Å². The highest BCUT2D eigenvalue weighted by atomic mass is 16.4. The fourth-order valence-corrected chi connectivity index (χ4v) is 4.12. The second-order valence-corrected chi connectivity index (χ2v) is 8.69. The van der Waals surface area contributed by atoms with Crippen LogP contribution in [0.4, 0.5) is 0 Å². The Balaban J connectivity index is 2.10. The molecule has 2 aromatic carbocycles. The highest BCUT2D eigenvalue weighted by molar-refractivity contribution is 5.89. The molecular formula is C23H28O2. The summed E-state index contributed by atoms with van der Waals surface area (Å²) < 4.78 is 0. The third-order valence-electron chi connectivity index (χ3n) is 6.03. The zero-order valence-electron chi connectivity index (χ0n) is 15.9. The molecule has 2 heteroatoms. The van der Waals surface area contributed by atoms with Gasteiger partial charge in [-0.2, -0.15) is 0 Å². The number of aromatic carboxylic acids is 1. The molecule has 2 nitrogen and oxygen atoms in total. The molecule has 0 bridgehead atoms. The molecule has 0 aromatic heterocycles. The quantitative estimate of drug-likeness (QED) is 0.759. The van der Waals surface area contributed by atoms with Gasteiger partial charge in [0.15, 0.2) is 0 Å². The summed E-state index contributed by atoms with van der Waals surface area (Å²) in [7, 11) is 0. The van der Waals surface area contributed by atoms with E-state index in [1.807, 2.05) is 12.1 Å². The number of fused-ring (bicyclic) bond motifs is 1. The van der Waals surface area contributed by atoms with Crippen LogP contribution in [-0.2, 0) is 10.8 Å². The number of rotatable bonds is 3. The van der Waals surface area contributed by atoms with Gasteiger partial charge in [0.2, 0.25) is 0 Å². The second kappa shape index (κ2) is 6.01. The monoisotopic (exact) mass is 336 g/mol. The molecule has 1 N–H and O–H groups in total. The summed E-state index contributed by atoms with van der Waals surface area (Å²) in [5.41, 5.74) is 5.68. The van der Waals surface area contributed by atoms with Gasteiger partial charge in [0.1, 0.15) is 0 Å². The Morgan fingerprint density at radius 1 is 0.960 bits per heavy atom. The first kappa shape index (κ1) is 17.7. The van der Waals surface area contributed by atoms with Crippen LogP contribution in [-0.4, -0.2) is 11.1 Å². The van der Waals surface area contributed by atoms with Crippen LogP contribution in [0.15, 0.2) is 42.5 Å². The van der Waals surface area contributed by atoms with E-state index in [4.69, 9.17) is 0 Å². The van der Waals surface area contributed by atoms with E-state index in [1.165, 1.54) is 29.5 Å². The molecule has 2 aromatic rings. The zero-order valence-corrected chi connectivity index (χ0v) is 15.9. The van der Waals surface area contributed by atoms with Crippen LogP contribution in [0.3, 0.4) is 0 Å². The Morgan fingerprint density at radius 2 is 1.56 bits per heavy atom. The van der Waals surface area contributed by atoms with Crippen molar-refractivity contribution in [3.05, 3.63) is 70.3 Å². The second-order valence-electron chi connectivity index (χ2n) is 8.69. The summed E-state index contributed by atoms with van der Waals surface area (Å²) in [6, 6.07) is 14.1. The van der Waals surface area contributed by atoms with Crippen LogP contribution < -0.4 is 0 Å². The molecule has 1 unspecified atom stereocenters. The fourth-order valence-electron chi connectivity index (χ4n) is 4.12. The van der Waals surface area contributed by atoms with Gasteiger partial charge in [-0.25, -0.2) is 4.79 Å². The lowest BCUT2D eigenvalue weighted by molar-refractivity contribution is 0.0695. The van der Waals surface area contributed by atoms with Crippen molar-refractivity contribution >= 4 is 5.97 Å². The third kappa shape index (κ3) is 3.10. The van der Waals surface area contributed by atoms with Crippen molar-refractivity contribution in [1.29, 1.82) is 0 Å². The summed E-state index contributed by atoms with van der Waals surface area (Å²) in [5.74, 6) is -0.805. The van der Waals surface area contributed by atoms with E-state index in [0.717, 1.165) is 5.56 Å². The van der Waals surface area contributed by atoms with Crippen molar-refractivity contribution < 1.29 is 9.90 Å². The number of carboxylic acids is 1. The molecule has 1 aliphatic rings. The first-order valence-electron chi connectivity index (χ1n) is 9.10. The first-order chi connectivity index (χ1) is 11.6. The van der Waals surface area contributed by atoms with Crippen LogP contribution in [0.5, 0.6) is 0 Å². The van der Waals surface area contributed by atoms with E-state index in [9.17, 15) is 9.90 Å². The van der Waals surface area contributed by atoms with Crippen molar-refractivity contribution in [2.45, 2.75) is 64.2 Å². The molecule has 132 valence electrons. The highest BCUT2D eigenvalue weighted by Crippen LogP contribution is 2.46. The van der Waals surface area contributed by atoms with Gasteiger partial charge in [-0.05, 0) is 52.0 Å². The van der Waals surface area contributed by atoms with Gasteiger partial charge in [-0.15, -0.1) is 0 Å².